The van der Waals surface area contributed by atoms with Gasteiger partial charge in [0.25, 0.3) is 0 Å². The number of benzene rings is 1. The number of rotatable bonds is 4. The zero-order valence-corrected chi connectivity index (χ0v) is 15.5. The van der Waals surface area contributed by atoms with E-state index in [1.165, 1.54) is 17.6 Å². The summed E-state index contributed by atoms with van der Waals surface area (Å²) < 4.78 is 0. The molecule has 5 nitrogen and oxygen atoms in total. The summed E-state index contributed by atoms with van der Waals surface area (Å²) in [6, 6.07) is 9.88. The molecule has 26 heavy (non-hydrogen) atoms. The highest BCUT2D eigenvalue weighted by Crippen LogP contribution is 2.23. The molecule has 2 aliphatic rings. The summed E-state index contributed by atoms with van der Waals surface area (Å²) >= 11 is 0. The van der Waals surface area contributed by atoms with Gasteiger partial charge in [-0.05, 0) is 37.3 Å². The molecule has 3 amide bonds. The van der Waals surface area contributed by atoms with Gasteiger partial charge in [0.2, 0.25) is 5.91 Å². The zero-order valence-electron chi connectivity index (χ0n) is 15.5. The summed E-state index contributed by atoms with van der Waals surface area (Å²) in [6.07, 6.45) is 8.66. The maximum absolute atomic E-state index is 12.4. The number of amides is 3. The van der Waals surface area contributed by atoms with Crippen molar-refractivity contribution >= 4 is 17.5 Å². The van der Waals surface area contributed by atoms with Gasteiger partial charge in [0.05, 0.1) is 6.04 Å². The van der Waals surface area contributed by atoms with Gasteiger partial charge < -0.3 is 5.32 Å². The van der Waals surface area contributed by atoms with Crippen LogP contribution in [-0.4, -0.2) is 42.0 Å². The molecule has 0 bridgehead atoms. The third kappa shape index (κ3) is 4.94. The van der Waals surface area contributed by atoms with Crippen LogP contribution in [0.5, 0.6) is 0 Å². The molecule has 1 aliphatic heterocycles. The van der Waals surface area contributed by atoms with Crippen LogP contribution in [0.2, 0.25) is 0 Å². The highest BCUT2D eigenvalue weighted by Gasteiger charge is 2.25. The summed E-state index contributed by atoms with van der Waals surface area (Å²) in [5.41, 5.74) is 2.57. The largest absolute Gasteiger partial charge is 0.335 e. The van der Waals surface area contributed by atoms with Crippen LogP contribution in [0.25, 0.3) is 5.57 Å². The molecule has 0 saturated heterocycles. The van der Waals surface area contributed by atoms with E-state index in [1.54, 1.807) is 0 Å². The van der Waals surface area contributed by atoms with Crippen LogP contribution in [0.15, 0.2) is 36.4 Å². The lowest BCUT2D eigenvalue weighted by atomic mass is 9.96. The Labute approximate surface area is 155 Å². The third-order valence-corrected chi connectivity index (χ3v) is 5.49. The summed E-state index contributed by atoms with van der Waals surface area (Å²) in [5.74, 6) is -0.227. The van der Waals surface area contributed by atoms with Crippen molar-refractivity contribution in [1.29, 1.82) is 0 Å². The van der Waals surface area contributed by atoms with E-state index >= 15 is 0 Å². The molecule has 0 radical (unpaired) electrons. The average molecular weight is 355 g/mol. The highest BCUT2D eigenvalue weighted by molar-refractivity contribution is 5.97. The molecule has 3 rings (SSSR count). The Morgan fingerprint density at radius 2 is 1.85 bits per heavy atom. The number of carbonyl (C=O) groups is 2. The van der Waals surface area contributed by atoms with E-state index in [0.29, 0.717) is 0 Å². The maximum atomic E-state index is 12.4. The normalized spacial score (nSPS) is 20.1. The van der Waals surface area contributed by atoms with Crippen molar-refractivity contribution in [3.05, 3.63) is 42.0 Å². The van der Waals surface area contributed by atoms with E-state index in [2.05, 4.69) is 33.7 Å². The number of carbonyl (C=O) groups excluding carboxylic acids is 2. The molecule has 2 N–H and O–H groups in total. The molecule has 1 atom stereocenters. The minimum absolute atomic E-state index is 0.207. The van der Waals surface area contributed by atoms with Crippen LogP contribution in [-0.2, 0) is 4.79 Å². The fourth-order valence-electron chi connectivity index (χ4n) is 3.80. The number of nitrogens with zero attached hydrogens (tertiary/aromatic N) is 1. The Morgan fingerprint density at radius 3 is 2.50 bits per heavy atom. The maximum Gasteiger partial charge on any atom is 0.321 e. The molecule has 0 aromatic heterocycles. The Morgan fingerprint density at radius 1 is 1.12 bits per heavy atom. The predicted octanol–water partition coefficient (Wildman–Crippen LogP) is 3.32. The Bertz CT molecular complexity index is 650. The van der Waals surface area contributed by atoms with Crippen LogP contribution in [0, 0.1) is 0 Å². The number of urea groups is 1. The monoisotopic (exact) mass is 355 g/mol. The van der Waals surface area contributed by atoms with Crippen molar-refractivity contribution in [1.82, 2.24) is 15.5 Å². The predicted molar refractivity (Wildman–Crippen MR) is 104 cm³/mol. The number of hydrogen-bond acceptors (Lipinski definition) is 3. The van der Waals surface area contributed by atoms with E-state index in [0.717, 1.165) is 45.2 Å². The number of hydrogen-bond donors (Lipinski definition) is 2. The van der Waals surface area contributed by atoms with Gasteiger partial charge in [0, 0.05) is 19.1 Å². The van der Waals surface area contributed by atoms with E-state index in [9.17, 15) is 9.59 Å². The van der Waals surface area contributed by atoms with Crippen LogP contribution < -0.4 is 10.6 Å². The van der Waals surface area contributed by atoms with Crippen LogP contribution in [0.4, 0.5) is 4.79 Å². The zero-order chi connectivity index (χ0) is 18.4. The molecule has 140 valence electrons. The first-order valence-corrected chi connectivity index (χ1v) is 9.73. The topological polar surface area (TPSA) is 61.4 Å². The Balaban J connectivity index is 1.48. The minimum atomic E-state index is -0.355. The summed E-state index contributed by atoms with van der Waals surface area (Å²) in [7, 11) is 0. The fraction of sp³-hybridized carbons (Fsp3) is 0.524. The van der Waals surface area contributed by atoms with Crippen molar-refractivity contribution in [2.45, 2.75) is 57.5 Å². The van der Waals surface area contributed by atoms with Gasteiger partial charge in [-0.25, -0.2) is 4.79 Å². The first-order chi connectivity index (χ1) is 12.6. The lowest BCUT2D eigenvalue weighted by molar-refractivity contribution is -0.124. The molecule has 0 unspecified atom stereocenters. The second-order valence-corrected chi connectivity index (χ2v) is 7.31. The molecule has 1 heterocycles. The second kappa shape index (κ2) is 8.99. The molecule has 1 aromatic rings. The fourth-order valence-corrected chi connectivity index (χ4v) is 3.80. The van der Waals surface area contributed by atoms with Crippen molar-refractivity contribution in [3.8, 4) is 0 Å². The highest BCUT2D eigenvalue weighted by atomic mass is 16.2. The number of imide groups is 1. The minimum Gasteiger partial charge on any atom is -0.335 e. The van der Waals surface area contributed by atoms with Crippen molar-refractivity contribution in [2.75, 3.05) is 13.1 Å². The van der Waals surface area contributed by atoms with Gasteiger partial charge >= 0.3 is 6.03 Å². The van der Waals surface area contributed by atoms with Gasteiger partial charge in [-0.2, -0.15) is 0 Å². The van der Waals surface area contributed by atoms with Crippen molar-refractivity contribution in [2.24, 2.45) is 0 Å². The first-order valence-electron chi connectivity index (χ1n) is 9.73. The van der Waals surface area contributed by atoms with Gasteiger partial charge in [-0.1, -0.05) is 55.7 Å². The van der Waals surface area contributed by atoms with Crippen LogP contribution >= 0.6 is 0 Å². The van der Waals surface area contributed by atoms with E-state index in [4.69, 9.17) is 0 Å². The quantitative estimate of drug-likeness (QED) is 0.871. The van der Waals surface area contributed by atoms with Gasteiger partial charge in [0.15, 0.2) is 0 Å². The lowest BCUT2D eigenvalue weighted by Crippen LogP contribution is -2.52. The van der Waals surface area contributed by atoms with Crippen molar-refractivity contribution < 1.29 is 9.59 Å². The molecule has 1 aliphatic carbocycles. The second-order valence-electron chi connectivity index (χ2n) is 7.31. The first kappa shape index (κ1) is 18.6. The van der Waals surface area contributed by atoms with Crippen molar-refractivity contribution in [3.63, 3.8) is 0 Å². The van der Waals surface area contributed by atoms with Gasteiger partial charge in [0.1, 0.15) is 0 Å². The van der Waals surface area contributed by atoms with E-state index in [-0.39, 0.29) is 24.0 Å². The molecule has 0 spiro atoms. The third-order valence-electron chi connectivity index (χ3n) is 5.49. The average Bonchev–Trinajstić information content (AvgIpc) is 2.69. The summed E-state index contributed by atoms with van der Waals surface area (Å²) in [5, 5.41) is 5.45. The molecular formula is C21H29N3O2. The van der Waals surface area contributed by atoms with Crippen LogP contribution in [0.3, 0.4) is 0 Å². The molecule has 5 heteroatoms. The summed E-state index contributed by atoms with van der Waals surface area (Å²) in [6.45, 7) is 3.41. The SMILES string of the molecule is C[C@H](C(=O)NC(=O)NC1CCCCC1)N1CC=C(c2ccccc2)CC1. The number of nitrogens with one attached hydrogen (secondary N) is 2. The lowest BCUT2D eigenvalue weighted by Gasteiger charge is -2.31. The molecular weight excluding hydrogens is 326 g/mol. The standard InChI is InChI=1S/C21H29N3O2/c1-16(20(25)23-21(26)22-19-10-6-3-7-11-19)24-14-12-18(13-15-24)17-8-4-2-5-9-17/h2,4-5,8-9,12,16,19H,3,6-7,10-11,13-15H2,1H3,(H2,22,23,25,26)/t16-/m1/s1. The van der Waals surface area contributed by atoms with E-state index < -0.39 is 0 Å². The molecule has 1 saturated carbocycles. The Kier molecular flexibility index (Phi) is 6.45. The smallest absolute Gasteiger partial charge is 0.321 e. The van der Waals surface area contributed by atoms with Gasteiger partial charge in [-0.3, -0.25) is 15.0 Å². The molecule has 1 fully saturated rings. The van der Waals surface area contributed by atoms with Crippen LogP contribution in [0.1, 0.15) is 51.0 Å². The molecule has 1 aromatic carbocycles. The summed E-state index contributed by atoms with van der Waals surface area (Å²) in [4.78, 5) is 26.6. The van der Waals surface area contributed by atoms with E-state index in [1.807, 2.05) is 25.1 Å². The van der Waals surface area contributed by atoms with Gasteiger partial charge in [-0.15, -0.1) is 0 Å². The Hall–Kier alpha value is -2.14.